The Morgan fingerprint density at radius 2 is 1.87 bits per heavy atom. The highest BCUT2D eigenvalue weighted by atomic mass is 32.2. The summed E-state index contributed by atoms with van der Waals surface area (Å²) in [5, 5.41) is 9.58. The Kier molecular flexibility index (Phi) is 5.82. The van der Waals surface area contributed by atoms with E-state index >= 15 is 0 Å². The Labute approximate surface area is 183 Å². The Bertz CT molecular complexity index is 1140. The van der Waals surface area contributed by atoms with E-state index < -0.39 is 0 Å². The quantitative estimate of drug-likeness (QED) is 0.371. The zero-order valence-electron chi connectivity index (χ0n) is 16.8. The maximum Gasteiger partial charge on any atom is 0.226 e. The van der Waals surface area contributed by atoms with Crippen molar-refractivity contribution in [3.8, 4) is 22.8 Å². The van der Waals surface area contributed by atoms with Crippen molar-refractivity contribution in [1.82, 2.24) is 19.7 Å². The third kappa shape index (κ3) is 4.55. The Morgan fingerprint density at radius 1 is 1.03 bits per heavy atom. The first-order valence-corrected chi connectivity index (χ1v) is 11.2. The molecule has 3 heterocycles. The van der Waals surface area contributed by atoms with Crippen LogP contribution in [-0.4, -0.2) is 32.5 Å². The molecule has 8 heteroatoms. The van der Waals surface area contributed by atoms with E-state index in [2.05, 4.69) is 19.7 Å². The van der Waals surface area contributed by atoms with Gasteiger partial charge in [-0.15, -0.1) is 10.2 Å². The van der Waals surface area contributed by atoms with Crippen molar-refractivity contribution in [3.63, 3.8) is 0 Å². The SMILES string of the molecule is Fc1ccc(-c2nnc(SCc3coc(-c4ccccc4)n3)n2C[C@@H]2CCCO2)cc1. The number of nitrogens with zero attached hydrogens (tertiary/aromatic N) is 4. The summed E-state index contributed by atoms with van der Waals surface area (Å²) in [6.45, 7) is 1.44. The summed E-state index contributed by atoms with van der Waals surface area (Å²) < 4.78 is 26.9. The molecule has 0 spiro atoms. The lowest BCUT2D eigenvalue weighted by Crippen LogP contribution is -2.16. The van der Waals surface area contributed by atoms with Gasteiger partial charge in [0.25, 0.3) is 0 Å². The van der Waals surface area contributed by atoms with E-state index in [0.717, 1.165) is 41.4 Å². The van der Waals surface area contributed by atoms with Crippen LogP contribution in [0.4, 0.5) is 4.39 Å². The van der Waals surface area contributed by atoms with Crippen LogP contribution in [0.5, 0.6) is 0 Å². The van der Waals surface area contributed by atoms with Crippen molar-refractivity contribution in [2.24, 2.45) is 0 Å². The highest BCUT2D eigenvalue weighted by Gasteiger charge is 2.22. The fraction of sp³-hybridized carbons (Fsp3) is 0.261. The highest BCUT2D eigenvalue weighted by Crippen LogP contribution is 2.29. The number of thioether (sulfide) groups is 1. The average Bonchev–Trinajstić information content (AvgIpc) is 3.56. The second-order valence-corrected chi connectivity index (χ2v) is 8.30. The number of hydrogen-bond donors (Lipinski definition) is 0. The van der Waals surface area contributed by atoms with Gasteiger partial charge in [-0.3, -0.25) is 4.57 Å². The molecule has 31 heavy (non-hydrogen) atoms. The average molecular weight is 437 g/mol. The zero-order chi connectivity index (χ0) is 21.0. The van der Waals surface area contributed by atoms with Crippen LogP contribution in [0.25, 0.3) is 22.8 Å². The van der Waals surface area contributed by atoms with E-state index in [4.69, 9.17) is 9.15 Å². The number of hydrogen-bond acceptors (Lipinski definition) is 6. The molecule has 2 aromatic carbocycles. The molecule has 1 aliphatic rings. The summed E-state index contributed by atoms with van der Waals surface area (Å²) in [6, 6.07) is 16.1. The predicted octanol–water partition coefficient (Wildman–Crippen LogP) is 5.21. The number of ether oxygens (including phenoxy) is 1. The van der Waals surface area contributed by atoms with Crippen LogP contribution in [0.3, 0.4) is 0 Å². The van der Waals surface area contributed by atoms with Gasteiger partial charge in [0, 0.05) is 23.5 Å². The Balaban J connectivity index is 1.37. The molecule has 6 nitrogen and oxygen atoms in total. The van der Waals surface area contributed by atoms with Crippen molar-refractivity contribution in [2.45, 2.75) is 36.4 Å². The lowest BCUT2D eigenvalue weighted by molar-refractivity contribution is 0.0953. The minimum Gasteiger partial charge on any atom is -0.444 e. The van der Waals surface area contributed by atoms with Crippen LogP contribution in [0, 0.1) is 5.82 Å². The molecule has 5 rings (SSSR count). The molecule has 2 aromatic heterocycles. The van der Waals surface area contributed by atoms with E-state index in [1.54, 1.807) is 30.2 Å². The molecule has 1 aliphatic heterocycles. The number of aromatic nitrogens is 4. The van der Waals surface area contributed by atoms with E-state index in [0.29, 0.717) is 24.0 Å². The van der Waals surface area contributed by atoms with Gasteiger partial charge in [0.05, 0.1) is 18.3 Å². The van der Waals surface area contributed by atoms with E-state index in [9.17, 15) is 4.39 Å². The third-order valence-corrected chi connectivity index (χ3v) is 6.15. The second-order valence-electron chi connectivity index (χ2n) is 7.36. The standard InChI is InChI=1S/C23H21FN4O2S/c24-18-10-8-16(9-11-18)21-26-27-23(28(21)13-20-7-4-12-29-20)31-15-19-14-30-22(25-19)17-5-2-1-3-6-17/h1-3,5-6,8-11,14,20H,4,7,12-13,15H2/t20-/m0/s1. The van der Waals surface area contributed by atoms with Crippen LogP contribution in [0.15, 0.2) is 70.4 Å². The largest absolute Gasteiger partial charge is 0.444 e. The van der Waals surface area contributed by atoms with Crippen LogP contribution in [0.2, 0.25) is 0 Å². The Morgan fingerprint density at radius 3 is 2.65 bits per heavy atom. The summed E-state index contributed by atoms with van der Waals surface area (Å²) in [5.74, 6) is 1.64. The summed E-state index contributed by atoms with van der Waals surface area (Å²) in [6.07, 6.45) is 3.88. The smallest absolute Gasteiger partial charge is 0.226 e. The number of halogens is 1. The summed E-state index contributed by atoms with van der Waals surface area (Å²) in [5.41, 5.74) is 2.60. The summed E-state index contributed by atoms with van der Waals surface area (Å²) in [7, 11) is 0. The molecule has 4 aromatic rings. The maximum absolute atomic E-state index is 13.4. The van der Waals surface area contributed by atoms with E-state index in [-0.39, 0.29) is 11.9 Å². The topological polar surface area (TPSA) is 66.0 Å². The molecule has 0 radical (unpaired) electrons. The molecular formula is C23H21FN4O2S. The van der Waals surface area contributed by atoms with Gasteiger partial charge in [-0.25, -0.2) is 9.37 Å². The van der Waals surface area contributed by atoms with Gasteiger partial charge in [-0.1, -0.05) is 30.0 Å². The monoisotopic (exact) mass is 436 g/mol. The van der Waals surface area contributed by atoms with Crippen LogP contribution in [0.1, 0.15) is 18.5 Å². The zero-order valence-corrected chi connectivity index (χ0v) is 17.6. The van der Waals surface area contributed by atoms with Crippen molar-refractivity contribution in [2.75, 3.05) is 6.61 Å². The van der Waals surface area contributed by atoms with Gasteiger partial charge in [0.15, 0.2) is 11.0 Å². The molecule has 158 valence electrons. The van der Waals surface area contributed by atoms with E-state index in [1.165, 1.54) is 12.1 Å². The fourth-order valence-electron chi connectivity index (χ4n) is 3.59. The van der Waals surface area contributed by atoms with Gasteiger partial charge >= 0.3 is 0 Å². The molecule has 1 atom stereocenters. The Hall–Kier alpha value is -2.97. The van der Waals surface area contributed by atoms with Gasteiger partial charge < -0.3 is 9.15 Å². The summed E-state index contributed by atoms with van der Waals surface area (Å²) >= 11 is 1.55. The lowest BCUT2D eigenvalue weighted by atomic mass is 10.2. The molecule has 0 amide bonds. The molecule has 0 aliphatic carbocycles. The normalized spacial score (nSPS) is 16.1. The lowest BCUT2D eigenvalue weighted by Gasteiger charge is -2.14. The fourth-order valence-corrected chi connectivity index (χ4v) is 4.41. The van der Waals surface area contributed by atoms with Gasteiger partial charge in [-0.05, 0) is 49.2 Å². The number of rotatable bonds is 7. The van der Waals surface area contributed by atoms with Crippen LogP contribution >= 0.6 is 11.8 Å². The first-order valence-electron chi connectivity index (χ1n) is 10.2. The molecule has 0 N–H and O–H groups in total. The van der Waals surface area contributed by atoms with Crippen LogP contribution in [-0.2, 0) is 17.0 Å². The van der Waals surface area contributed by atoms with Gasteiger partial charge in [-0.2, -0.15) is 0 Å². The molecule has 1 saturated heterocycles. The van der Waals surface area contributed by atoms with E-state index in [1.807, 2.05) is 30.3 Å². The van der Waals surface area contributed by atoms with Gasteiger partial charge in [0.2, 0.25) is 5.89 Å². The summed E-state index contributed by atoms with van der Waals surface area (Å²) in [4.78, 5) is 4.59. The predicted molar refractivity (Wildman–Crippen MR) is 116 cm³/mol. The molecule has 0 unspecified atom stereocenters. The van der Waals surface area contributed by atoms with Crippen LogP contribution < -0.4 is 0 Å². The highest BCUT2D eigenvalue weighted by molar-refractivity contribution is 7.98. The first-order chi connectivity index (χ1) is 15.3. The van der Waals surface area contributed by atoms with Crippen molar-refractivity contribution >= 4 is 11.8 Å². The molecule has 0 bridgehead atoms. The van der Waals surface area contributed by atoms with Gasteiger partial charge in [0.1, 0.15) is 12.1 Å². The molecule has 0 saturated carbocycles. The second kappa shape index (κ2) is 9.03. The number of oxazole rings is 1. The molecular weight excluding hydrogens is 415 g/mol. The minimum absolute atomic E-state index is 0.131. The minimum atomic E-state index is -0.274. The third-order valence-electron chi connectivity index (χ3n) is 5.15. The maximum atomic E-state index is 13.4. The first kappa shape index (κ1) is 20.0. The molecule has 1 fully saturated rings. The van der Waals surface area contributed by atoms with Crippen molar-refractivity contribution < 1.29 is 13.5 Å². The van der Waals surface area contributed by atoms with Crippen molar-refractivity contribution in [1.29, 1.82) is 0 Å². The number of benzene rings is 2. The van der Waals surface area contributed by atoms with Crippen molar-refractivity contribution in [3.05, 3.63) is 72.4 Å².